The second kappa shape index (κ2) is 7.54. The number of aromatic nitrogens is 3. The molecule has 174 valence electrons. The summed E-state index contributed by atoms with van der Waals surface area (Å²) in [6, 6.07) is 0. The van der Waals surface area contributed by atoms with Crippen molar-refractivity contribution in [3.05, 3.63) is 33.6 Å². The van der Waals surface area contributed by atoms with Crippen molar-refractivity contribution in [1.29, 1.82) is 0 Å². The third kappa shape index (κ3) is 2.92. The Hall–Kier alpha value is -1.92. The highest BCUT2D eigenvalue weighted by atomic mass is 35.5. The van der Waals surface area contributed by atoms with Crippen LogP contribution in [-0.2, 0) is 7.05 Å². The lowest BCUT2D eigenvalue weighted by Crippen LogP contribution is -2.30. The molecule has 1 amide bonds. The number of hydrogen-bond donors (Lipinski definition) is 0. The SMILES string of the molecule is Cc1nc2sc(C(=O)N3C4(CCCCC4)C34CCCCC4)c(-c3cnn(C)c3)c2c(C)c1Cl. The molecule has 2 spiro atoms. The summed E-state index contributed by atoms with van der Waals surface area (Å²) in [6.45, 7) is 3.99. The number of hydrogen-bond acceptors (Lipinski definition) is 4. The van der Waals surface area contributed by atoms with Gasteiger partial charge in [0.25, 0.3) is 5.91 Å². The van der Waals surface area contributed by atoms with E-state index in [0.29, 0.717) is 5.02 Å². The molecule has 0 unspecified atom stereocenters. The van der Waals surface area contributed by atoms with Crippen LogP contribution in [0.1, 0.15) is 85.1 Å². The fourth-order valence-electron chi connectivity index (χ4n) is 7.11. The molecule has 4 heterocycles. The zero-order chi connectivity index (χ0) is 23.0. The second-order valence-electron chi connectivity index (χ2n) is 10.4. The molecule has 1 aliphatic heterocycles. The average Bonchev–Trinajstić information content (AvgIpc) is 3.15. The van der Waals surface area contributed by atoms with Crippen LogP contribution < -0.4 is 0 Å². The van der Waals surface area contributed by atoms with Gasteiger partial charge in [-0.15, -0.1) is 11.3 Å². The summed E-state index contributed by atoms with van der Waals surface area (Å²) in [7, 11) is 1.92. The molecule has 0 atom stereocenters. The minimum Gasteiger partial charge on any atom is -0.322 e. The summed E-state index contributed by atoms with van der Waals surface area (Å²) >= 11 is 8.18. The molecule has 0 aromatic carbocycles. The van der Waals surface area contributed by atoms with E-state index in [1.54, 1.807) is 4.68 Å². The summed E-state index contributed by atoms with van der Waals surface area (Å²) in [6.07, 6.45) is 16.1. The number of carbonyl (C=O) groups is 1. The van der Waals surface area contributed by atoms with E-state index in [-0.39, 0.29) is 17.0 Å². The number of carbonyl (C=O) groups excluding carboxylic acids is 1. The van der Waals surface area contributed by atoms with E-state index in [4.69, 9.17) is 16.6 Å². The molecule has 3 aromatic rings. The standard InChI is InChI=1S/C26H31ClN4OS/c1-16-19-20(18-14-28-30(3)15-18)22(33-23(19)29-17(2)21(16)27)24(32)31-25(10-6-4-7-11-25)26(31)12-8-5-9-13-26/h14-15H,4-13H2,1-3H3. The fourth-order valence-corrected chi connectivity index (χ4v) is 8.48. The lowest BCUT2D eigenvalue weighted by atomic mass is 9.73. The minimum atomic E-state index is 0.0706. The Balaban J connectivity index is 1.54. The van der Waals surface area contributed by atoms with Gasteiger partial charge in [-0.1, -0.05) is 50.1 Å². The van der Waals surface area contributed by atoms with Crippen molar-refractivity contribution in [1.82, 2.24) is 19.7 Å². The number of aryl methyl sites for hydroxylation is 3. The highest BCUT2D eigenvalue weighted by Crippen LogP contribution is 2.66. The van der Waals surface area contributed by atoms with Crippen molar-refractivity contribution in [2.75, 3.05) is 0 Å². The first-order chi connectivity index (χ1) is 15.9. The number of nitrogens with zero attached hydrogens (tertiary/aromatic N) is 4. The number of rotatable bonds is 2. The van der Waals surface area contributed by atoms with Crippen LogP contribution in [0.25, 0.3) is 21.3 Å². The van der Waals surface area contributed by atoms with Gasteiger partial charge < -0.3 is 4.90 Å². The highest BCUT2D eigenvalue weighted by molar-refractivity contribution is 7.21. The third-order valence-corrected chi connectivity index (χ3v) is 10.2. The van der Waals surface area contributed by atoms with Crippen LogP contribution in [0.3, 0.4) is 0 Å². The molecule has 2 aliphatic carbocycles. The summed E-state index contributed by atoms with van der Waals surface area (Å²) in [4.78, 5) is 23.3. The first-order valence-corrected chi connectivity index (χ1v) is 13.5. The molecular weight excluding hydrogens is 452 g/mol. The van der Waals surface area contributed by atoms with Gasteiger partial charge in [-0.05, 0) is 45.1 Å². The topological polar surface area (TPSA) is 50.8 Å². The van der Waals surface area contributed by atoms with Crippen molar-refractivity contribution < 1.29 is 4.79 Å². The lowest BCUT2D eigenvalue weighted by molar-refractivity contribution is 0.0820. The van der Waals surface area contributed by atoms with E-state index in [2.05, 4.69) is 10.00 Å². The molecule has 7 heteroatoms. The van der Waals surface area contributed by atoms with E-state index in [1.165, 1.54) is 49.9 Å². The van der Waals surface area contributed by atoms with Crippen molar-refractivity contribution in [2.24, 2.45) is 7.05 Å². The molecule has 33 heavy (non-hydrogen) atoms. The van der Waals surface area contributed by atoms with Crippen LogP contribution in [0.5, 0.6) is 0 Å². The number of fused-ring (bicyclic) bond motifs is 2. The van der Waals surface area contributed by atoms with Crippen LogP contribution in [0.2, 0.25) is 5.02 Å². The number of pyridine rings is 1. The maximum absolute atomic E-state index is 14.5. The smallest absolute Gasteiger partial charge is 0.265 e. The zero-order valence-electron chi connectivity index (χ0n) is 19.7. The van der Waals surface area contributed by atoms with Gasteiger partial charge in [0.15, 0.2) is 0 Å². The quantitative estimate of drug-likeness (QED) is 0.376. The van der Waals surface area contributed by atoms with E-state index < -0.39 is 0 Å². The molecule has 1 saturated heterocycles. The van der Waals surface area contributed by atoms with Gasteiger partial charge in [0, 0.05) is 29.8 Å². The van der Waals surface area contributed by atoms with Crippen LogP contribution in [0.4, 0.5) is 0 Å². The summed E-state index contributed by atoms with van der Waals surface area (Å²) in [5.74, 6) is 0.203. The minimum absolute atomic E-state index is 0.0706. The highest BCUT2D eigenvalue weighted by Gasteiger charge is 2.75. The van der Waals surface area contributed by atoms with Crippen molar-refractivity contribution >= 4 is 39.1 Å². The first-order valence-electron chi connectivity index (χ1n) is 12.3. The molecule has 0 bridgehead atoms. The summed E-state index contributed by atoms with van der Waals surface area (Å²) < 4.78 is 1.80. The molecular formula is C26H31ClN4OS. The number of halogens is 1. The lowest BCUT2D eigenvalue weighted by Gasteiger charge is -2.27. The number of amides is 1. The molecule has 2 saturated carbocycles. The largest absolute Gasteiger partial charge is 0.322 e. The first kappa shape index (κ1) is 21.6. The molecule has 3 aliphatic rings. The van der Waals surface area contributed by atoms with Crippen molar-refractivity contribution in [2.45, 2.75) is 89.1 Å². The summed E-state index contributed by atoms with van der Waals surface area (Å²) in [5.41, 5.74) is 3.89. The maximum Gasteiger partial charge on any atom is 0.265 e. The van der Waals surface area contributed by atoms with E-state index in [0.717, 1.165) is 63.2 Å². The van der Waals surface area contributed by atoms with Gasteiger partial charge in [0.05, 0.1) is 28.0 Å². The van der Waals surface area contributed by atoms with Crippen molar-refractivity contribution in [3.63, 3.8) is 0 Å². The fraction of sp³-hybridized carbons (Fsp3) is 0.577. The summed E-state index contributed by atoms with van der Waals surface area (Å²) in [5, 5.41) is 6.11. The Labute approximate surface area is 204 Å². The van der Waals surface area contributed by atoms with E-state index in [9.17, 15) is 4.79 Å². The molecule has 0 radical (unpaired) electrons. The van der Waals surface area contributed by atoms with Gasteiger partial charge in [0.2, 0.25) is 0 Å². The van der Waals surface area contributed by atoms with Gasteiger partial charge >= 0.3 is 0 Å². The predicted octanol–water partition coefficient (Wildman–Crippen LogP) is 6.83. The van der Waals surface area contributed by atoms with Crippen LogP contribution in [0, 0.1) is 13.8 Å². The Morgan fingerprint density at radius 3 is 2.18 bits per heavy atom. The molecule has 0 N–H and O–H groups in total. The monoisotopic (exact) mass is 482 g/mol. The zero-order valence-corrected chi connectivity index (χ0v) is 21.3. The second-order valence-corrected chi connectivity index (χ2v) is 11.7. The molecule has 5 nitrogen and oxygen atoms in total. The Morgan fingerprint density at radius 1 is 1.03 bits per heavy atom. The van der Waals surface area contributed by atoms with Gasteiger partial charge in [-0.3, -0.25) is 9.48 Å². The third-order valence-electron chi connectivity index (χ3n) is 8.61. The van der Waals surface area contributed by atoms with Crippen LogP contribution >= 0.6 is 22.9 Å². The van der Waals surface area contributed by atoms with E-state index in [1.807, 2.05) is 33.3 Å². The maximum atomic E-state index is 14.5. The Kier molecular flexibility index (Phi) is 4.94. The normalized spacial score (nSPS) is 21.3. The van der Waals surface area contributed by atoms with Crippen LogP contribution in [-0.4, -0.2) is 36.6 Å². The molecule has 6 rings (SSSR count). The van der Waals surface area contributed by atoms with E-state index >= 15 is 0 Å². The van der Waals surface area contributed by atoms with Gasteiger partial charge in [0.1, 0.15) is 9.71 Å². The van der Waals surface area contributed by atoms with Gasteiger partial charge in [-0.2, -0.15) is 5.10 Å². The number of thiophene rings is 1. The van der Waals surface area contributed by atoms with Crippen molar-refractivity contribution in [3.8, 4) is 11.1 Å². The Morgan fingerprint density at radius 2 is 1.64 bits per heavy atom. The van der Waals surface area contributed by atoms with Gasteiger partial charge in [-0.25, -0.2) is 4.98 Å². The average molecular weight is 483 g/mol. The molecule has 3 fully saturated rings. The predicted molar refractivity (Wildman–Crippen MR) is 134 cm³/mol. The van der Waals surface area contributed by atoms with Crippen LogP contribution in [0.15, 0.2) is 12.4 Å². The molecule has 3 aromatic heterocycles. The Bertz CT molecular complexity index is 1240.